The lowest BCUT2D eigenvalue weighted by Crippen LogP contribution is -2.50. The molecule has 0 spiro atoms. The predicted molar refractivity (Wildman–Crippen MR) is 123 cm³/mol. The third-order valence-electron chi connectivity index (χ3n) is 6.54. The number of carbonyl (C=O) groups is 2. The van der Waals surface area contributed by atoms with Crippen LogP contribution in [0, 0.1) is 5.92 Å². The number of fused-ring (bicyclic) bond motifs is 3. The van der Waals surface area contributed by atoms with Gasteiger partial charge in [-0.05, 0) is 63.8 Å². The number of likely N-dealkylation sites (tertiary alicyclic amines) is 1. The Morgan fingerprint density at radius 3 is 2.44 bits per heavy atom. The molecule has 2 aliphatic heterocycles. The van der Waals surface area contributed by atoms with E-state index in [1.165, 1.54) is 10.6 Å². The zero-order valence-electron chi connectivity index (χ0n) is 19.3. The molecule has 9 heteroatoms. The minimum Gasteiger partial charge on any atom is -0.444 e. The highest BCUT2D eigenvalue weighted by Gasteiger charge is 2.47. The van der Waals surface area contributed by atoms with Crippen LogP contribution in [0.4, 0.5) is 16.2 Å². The standard InChI is InChI=1S/C23H33N3O5S/c1-23(2,3)31-22(28)25-12-11-20-18(14-25)17-13-16(24-21(27)15-7-5-6-8-15)9-10-19(17)26(20)32(4,29)30/h9-10,13,15,18,20H,5-8,11-12,14H2,1-4H3,(H,24,27). The summed E-state index contributed by atoms with van der Waals surface area (Å²) in [6, 6.07) is 5.17. The highest BCUT2D eigenvalue weighted by atomic mass is 32.2. The topological polar surface area (TPSA) is 96.0 Å². The summed E-state index contributed by atoms with van der Waals surface area (Å²) >= 11 is 0. The van der Waals surface area contributed by atoms with E-state index in [1.807, 2.05) is 26.8 Å². The molecule has 1 N–H and O–H groups in total. The molecule has 0 aromatic heterocycles. The van der Waals surface area contributed by atoms with Crippen LogP contribution >= 0.6 is 0 Å². The lowest BCUT2D eigenvalue weighted by Gasteiger charge is -2.38. The number of amides is 2. The minimum absolute atomic E-state index is 0.0241. The second kappa shape index (κ2) is 8.24. The molecule has 32 heavy (non-hydrogen) atoms. The van der Waals surface area contributed by atoms with E-state index in [0.29, 0.717) is 30.9 Å². The number of carbonyl (C=O) groups excluding carboxylic acids is 2. The smallest absolute Gasteiger partial charge is 0.410 e. The molecule has 1 saturated carbocycles. The molecule has 3 aliphatic rings. The van der Waals surface area contributed by atoms with Crippen molar-refractivity contribution in [3.8, 4) is 0 Å². The van der Waals surface area contributed by atoms with Crippen molar-refractivity contribution < 1.29 is 22.7 Å². The van der Waals surface area contributed by atoms with Crippen LogP contribution in [0.5, 0.6) is 0 Å². The Balaban J connectivity index is 1.61. The summed E-state index contributed by atoms with van der Waals surface area (Å²) < 4.78 is 32.3. The highest BCUT2D eigenvalue weighted by Crippen LogP contribution is 2.47. The van der Waals surface area contributed by atoms with Gasteiger partial charge in [-0.2, -0.15) is 0 Å². The van der Waals surface area contributed by atoms with Gasteiger partial charge in [-0.15, -0.1) is 0 Å². The van der Waals surface area contributed by atoms with Gasteiger partial charge < -0.3 is 15.0 Å². The maximum Gasteiger partial charge on any atom is 0.410 e. The van der Waals surface area contributed by atoms with Gasteiger partial charge in [-0.25, -0.2) is 13.2 Å². The molecule has 1 saturated heterocycles. The fourth-order valence-corrected chi connectivity index (χ4v) is 6.45. The molecule has 176 valence electrons. The average Bonchev–Trinajstić information content (AvgIpc) is 3.32. The molecule has 2 heterocycles. The molecule has 2 atom stereocenters. The van der Waals surface area contributed by atoms with Gasteiger partial charge in [0.25, 0.3) is 0 Å². The number of sulfonamides is 1. The molecule has 0 radical (unpaired) electrons. The van der Waals surface area contributed by atoms with E-state index in [2.05, 4.69) is 5.32 Å². The van der Waals surface area contributed by atoms with Crippen LogP contribution in [-0.2, 0) is 19.6 Å². The number of hydrogen-bond acceptors (Lipinski definition) is 5. The number of hydrogen-bond donors (Lipinski definition) is 1. The molecule has 2 unspecified atom stereocenters. The van der Waals surface area contributed by atoms with Crippen LogP contribution in [0.15, 0.2) is 18.2 Å². The number of piperidine rings is 1. The van der Waals surface area contributed by atoms with Crippen molar-refractivity contribution in [1.82, 2.24) is 4.90 Å². The van der Waals surface area contributed by atoms with Crippen molar-refractivity contribution in [2.45, 2.75) is 70.4 Å². The van der Waals surface area contributed by atoms with Crippen LogP contribution in [0.2, 0.25) is 0 Å². The molecule has 4 rings (SSSR count). The van der Waals surface area contributed by atoms with E-state index in [4.69, 9.17) is 4.74 Å². The summed E-state index contributed by atoms with van der Waals surface area (Å²) in [5.41, 5.74) is 1.55. The Hall–Kier alpha value is -2.29. The zero-order chi connectivity index (χ0) is 23.3. The van der Waals surface area contributed by atoms with Gasteiger partial charge in [-0.1, -0.05) is 12.8 Å². The second-order valence-corrected chi connectivity index (χ2v) is 12.1. The van der Waals surface area contributed by atoms with E-state index in [-0.39, 0.29) is 29.9 Å². The van der Waals surface area contributed by atoms with Crippen LogP contribution in [0.1, 0.15) is 64.4 Å². The lowest BCUT2D eigenvalue weighted by molar-refractivity contribution is -0.119. The minimum atomic E-state index is -3.49. The second-order valence-electron chi connectivity index (χ2n) is 10.2. The Labute approximate surface area is 190 Å². The Morgan fingerprint density at radius 1 is 1.12 bits per heavy atom. The fourth-order valence-electron chi connectivity index (χ4n) is 5.18. The van der Waals surface area contributed by atoms with Crippen molar-refractivity contribution >= 4 is 33.4 Å². The van der Waals surface area contributed by atoms with Gasteiger partial charge in [0.2, 0.25) is 15.9 Å². The van der Waals surface area contributed by atoms with Crippen LogP contribution in [-0.4, -0.2) is 56.3 Å². The van der Waals surface area contributed by atoms with Crippen molar-refractivity contribution in [2.75, 3.05) is 29.0 Å². The van der Waals surface area contributed by atoms with Gasteiger partial charge >= 0.3 is 6.09 Å². The van der Waals surface area contributed by atoms with E-state index in [1.54, 1.807) is 17.0 Å². The van der Waals surface area contributed by atoms with Crippen molar-refractivity contribution in [3.63, 3.8) is 0 Å². The number of rotatable bonds is 3. The Bertz CT molecular complexity index is 1010. The van der Waals surface area contributed by atoms with Crippen molar-refractivity contribution in [1.29, 1.82) is 0 Å². The summed E-state index contributed by atoms with van der Waals surface area (Å²) in [4.78, 5) is 26.9. The first-order valence-electron chi connectivity index (χ1n) is 11.4. The van der Waals surface area contributed by atoms with E-state index < -0.39 is 15.6 Å². The largest absolute Gasteiger partial charge is 0.444 e. The summed E-state index contributed by atoms with van der Waals surface area (Å²) in [5.74, 6) is -0.110. The predicted octanol–water partition coefficient (Wildman–Crippen LogP) is 3.69. The average molecular weight is 464 g/mol. The van der Waals surface area contributed by atoms with E-state index in [9.17, 15) is 18.0 Å². The van der Waals surface area contributed by atoms with Gasteiger partial charge in [0.05, 0.1) is 18.0 Å². The highest BCUT2D eigenvalue weighted by molar-refractivity contribution is 7.92. The number of nitrogens with zero attached hydrogens (tertiary/aromatic N) is 2. The molecule has 1 aliphatic carbocycles. The zero-order valence-corrected chi connectivity index (χ0v) is 20.1. The molecule has 1 aromatic carbocycles. The third-order valence-corrected chi connectivity index (χ3v) is 7.73. The first kappa shape index (κ1) is 22.9. The maximum atomic E-state index is 12.7. The summed E-state index contributed by atoms with van der Waals surface area (Å²) in [6.45, 7) is 6.29. The van der Waals surface area contributed by atoms with Crippen molar-refractivity contribution in [3.05, 3.63) is 23.8 Å². The molecular formula is C23H33N3O5S. The molecule has 2 amide bonds. The normalized spacial score (nSPS) is 23.6. The summed E-state index contributed by atoms with van der Waals surface area (Å²) in [5, 5.41) is 3.02. The molecule has 8 nitrogen and oxygen atoms in total. The van der Waals surface area contributed by atoms with Crippen molar-refractivity contribution in [2.24, 2.45) is 5.92 Å². The monoisotopic (exact) mass is 463 g/mol. The number of ether oxygens (including phenoxy) is 1. The molecule has 1 aromatic rings. The van der Waals surface area contributed by atoms with Crippen LogP contribution in [0.3, 0.4) is 0 Å². The van der Waals surface area contributed by atoms with Gasteiger partial charge in [-0.3, -0.25) is 9.10 Å². The quantitative estimate of drug-likeness (QED) is 0.738. The third kappa shape index (κ3) is 4.58. The number of benzene rings is 1. The van der Waals surface area contributed by atoms with Gasteiger partial charge in [0.1, 0.15) is 5.60 Å². The Kier molecular flexibility index (Phi) is 5.90. The number of nitrogens with one attached hydrogen (secondary N) is 1. The summed E-state index contributed by atoms with van der Waals surface area (Å²) in [7, 11) is -3.49. The van der Waals surface area contributed by atoms with E-state index in [0.717, 1.165) is 31.2 Å². The SMILES string of the molecule is CC(C)(C)OC(=O)N1CCC2C(C1)c1cc(NC(=O)C3CCCC3)ccc1N2S(C)(=O)=O. The van der Waals surface area contributed by atoms with Gasteiger partial charge in [0.15, 0.2) is 0 Å². The van der Waals surface area contributed by atoms with Crippen LogP contribution < -0.4 is 9.62 Å². The molecule has 2 fully saturated rings. The lowest BCUT2D eigenvalue weighted by atomic mass is 9.89. The van der Waals surface area contributed by atoms with E-state index >= 15 is 0 Å². The molecule has 0 bridgehead atoms. The first-order valence-corrected chi connectivity index (χ1v) is 13.2. The van der Waals surface area contributed by atoms with Gasteiger partial charge in [0, 0.05) is 30.6 Å². The fraction of sp³-hybridized carbons (Fsp3) is 0.652. The van der Waals surface area contributed by atoms with Crippen LogP contribution in [0.25, 0.3) is 0 Å². The number of anilines is 2. The Morgan fingerprint density at radius 2 is 1.81 bits per heavy atom. The first-order chi connectivity index (χ1) is 14.9. The summed E-state index contributed by atoms with van der Waals surface area (Å²) in [6.07, 6.45) is 5.33. The maximum absolute atomic E-state index is 12.7. The molecular weight excluding hydrogens is 430 g/mol.